The zero-order valence-electron chi connectivity index (χ0n) is 9.73. The lowest BCUT2D eigenvalue weighted by atomic mass is 10.2. The molecule has 0 aliphatic heterocycles. The minimum atomic E-state index is 0.548. The van der Waals surface area contributed by atoms with Crippen molar-refractivity contribution in [2.75, 3.05) is 0 Å². The highest BCUT2D eigenvalue weighted by molar-refractivity contribution is 5.61. The van der Waals surface area contributed by atoms with Gasteiger partial charge in [-0.3, -0.25) is 0 Å². The number of hydrogen-bond donors (Lipinski definition) is 0. The molecule has 0 aliphatic carbocycles. The van der Waals surface area contributed by atoms with Crippen molar-refractivity contribution in [3.8, 4) is 11.5 Å². The summed E-state index contributed by atoms with van der Waals surface area (Å²) in [4.78, 5) is 18.2. The van der Waals surface area contributed by atoms with E-state index >= 15 is 0 Å². The molecule has 4 heteroatoms. The van der Waals surface area contributed by atoms with Crippen LogP contribution in [0.1, 0.15) is 18.4 Å². The van der Waals surface area contributed by atoms with Gasteiger partial charge in [0.05, 0.1) is 11.4 Å². The van der Waals surface area contributed by atoms with Crippen LogP contribution in [0.2, 0.25) is 0 Å². The highest BCUT2D eigenvalue weighted by Gasteiger charge is 2.09. The monoisotopic (exact) mass is 228 g/mol. The molecule has 17 heavy (non-hydrogen) atoms. The van der Waals surface area contributed by atoms with Crippen LogP contribution in [-0.4, -0.2) is 11.1 Å². The Morgan fingerprint density at radius 1 is 1.47 bits per heavy atom. The average Bonchev–Trinajstić information content (AvgIpc) is 2.71. The number of carbonyl (C=O) groups excluding carboxylic acids is 1. The van der Waals surface area contributed by atoms with E-state index in [1.54, 1.807) is 18.2 Å². The van der Waals surface area contributed by atoms with E-state index in [0.29, 0.717) is 11.6 Å². The molecule has 0 radical (unpaired) electrons. The van der Waals surface area contributed by atoms with Gasteiger partial charge in [-0.1, -0.05) is 13.0 Å². The average molecular weight is 228 g/mol. The third-order valence-electron chi connectivity index (χ3n) is 2.50. The predicted molar refractivity (Wildman–Crippen MR) is 63.8 cm³/mol. The summed E-state index contributed by atoms with van der Waals surface area (Å²) in [6.45, 7) is 3.92. The molecule has 86 valence electrons. The van der Waals surface area contributed by atoms with Gasteiger partial charge in [0.1, 0.15) is 5.76 Å². The zero-order valence-corrected chi connectivity index (χ0v) is 9.73. The molecule has 2 rings (SSSR count). The maximum Gasteiger partial charge on any atom is 0.240 e. The Hall–Kier alpha value is -2.19. The van der Waals surface area contributed by atoms with Crippen molar-refractivity contribution < 1.29 is 9.21 Å². The van der Waals surface area contributed by atoms with Crippen LogP contribution in [0.25, 0.3) is 11.5 Å². The lowest BCUT2D eigenvalue weighted by Crippen LogP contribution is -1.82. The van der Waals surface area contributed by atoms with E-state index in [2.05, 4.69) is 9.98 Å². The molecule has 1 heterocycles. The van der Waals surface area contributed by atoms with Crippen molar-refractivity contribution in [3.05, 3.63) is 35.7 Å². The number of rotatable bonds is 3. The maximum atomic E-state index is 10.2. The van der Waals surface area contributed by atoms with Crippen LogP contribution in [0.5, 0.6) is 0 Å². The van der Waals surface area contributed by atoms with E-state index in [9.17, 15) is 4.79 Å². The number of aromatic nitrogens is 1. The van der Waals surface area contributed by atoms with Gasteiger partial charge in [-0.25, -0.2) is 9.78 Å². The molecule has 2 aromatic rings. The van der Waals surface area contributed by atoms with Crippen LogP contribution >= 0.6 is 0 Å². The summed E-state index contributed by atoms with van der Waals surface area (Å²) < 4.78 is 5.57. The van der Waals surface area contributed by atoms with Crippen molar-refractivity contribution in [2.24, 2.45) is 4.99 Å². The summed E-state index contributed by atoms with van der Waals surface area (Å²) >= 11 is 0. The lowest BCUT2D eigenvalue weighted by Gasteiger charge is -1.95. The van der Waals surface area contributed by atoms with Crippen LogP contribution in [0.3, 0.4) is 0 Å². The van der Waals surface area contributed by atoms with Gasteiger partial charge in [0.25, 0.3) is 0 Å². The smallest absolute Gasteiger partial charge is 0.240 e. The van der Waals surface area contributed by atoms with Gasteiger partial charge in [0, 0.05) is 5.56 Å². The van der Waals surface area contributed by atoms with Gasteiger partial charge in [-0.05, 0) is 31.5 Å². The second-order valence-corrected chi connectivity index (χ2v) is 3.63. The first-order valence-corrected chi connectivity index (χ1v) is 5.39. The molecule has 1 aromatic carbocycles. The minimum Gasteiger partial charge on any atom is -0.441 e. The van der Waals surface area contributed by atoms with E-state index < -0.39 is 0 Å². The molecule has 0 amide bonds. The van der Waals surface area contributed by atoms with Gasteiger partial charge >= 0.3 is 0 Å². The van der Waals surface area contributed by atoms with Crippen LogP contribution in [0.4, 0.5) is 5.69 Å². The largest absolute Gasteiger partial charge is 0.441 e. The lowest BCUT2D eigenvalue weighted by molar-refractivity contribution is 0.539. The third kappa shape index (κ3) is 2.32. The molecule has 4 nitrogen and oxygen atoms in total. The maximum absolute atomic E-state index is 10.2. The second kappa shape index (κ2) is 4.76. The molecule has 0 N–H and O–H groups in total. The Kier molecular flexibility index (Phi) is 3.17. The third-order valence-corrected chi connectivity index (χ3v) is 2.50. The Labute approximate surface area is 99.0 Å². The fourth-order valence-corrected chi connectivity index (χ4v) is 1.64. The molecule has 0 aliphatic rings. The standard InChI is InChI=1S/C13H12N2O2/c1-3-12-9(2)17-13(15-12)10-5-4-6-11(7-10)14-8-16/h4-7H,3H2,1-2H3. The van der Waals surface area contributed by atoms with Crippen molar-refractivity contribution in [3.63, 3.8) is 0 Å². The first-order valence-electron chi connectivity index (χ1n) is 5.39. The number of isocyanates is 1. The first kappa shape index (κ1) is 11.3. The van der Waals surface area contributed by atoms with Crippen molar-refractivity contribution in [2.45, 2.75) is 20.3 Å². The van der Waals surface area contributed by atoms with Crippen LogP contribution in [0.15, 0.2) is 33.7 Å². The van der Waals surface area contributed by atoms with Gasteiger partial charge in [0.2, 0.25) is 12.0 Å². The number of aryl methyl sites for hydroxylation is 2. The van der Waals surface area contributed by atoms with E-state index in [1.165, 1.54) is 6.08 Å². The fraction of sp³-hybridized carbons (Fsp3) is 0.231. The molecule has 1 aromatic heterocycles. The number of aliphatic imine (C=N–C) groups is 1. The normalized spacial score (nSPS) is 10.0. The highest BCUT2D eigenvalue weighted by atomic mass is 16.4. The van der Waals surface area contributed by atoms with E-state index in [1.807, 2.05) is 19.9 Å². The minimum absolute atomic E-state index is 0.548. The highest BCUT2D eigenvalue weighted by Crippen LogP contribution is 2.25. The molecule has 0 spiro atoms. The van der Waals surface area contributed by atoms with Crippen molar-refractivity contribution >= 4 is 11.8 Å². The number of oxazole rings is 1. The van der Waals surface area contributed by atoms with Crippen LogP contribution < -0.4 is 0 Å². The molecular weight excluding hydrogens is 216 g/mol. The van der Waals surface area contributed by atoms with Crippen molar-refractivity contribution in [1.29, 1.82) is 0 Å². The molecule has 0 saturated heterocycles. The first-order chi connectivity index (χ1) is 8.24. The van der Waals surface area contributed by atoms with Gasteiger partial charge < -0.3 is 4.42 Å². The molecule has 0 unspecified atom stereocenters. The Balaban J connectivity index is 2.44. The fourth-order valence-electron chi connectivity index (χ4n) is 1.64. The van der Waals surface area contributed by atoms with Gasteiger partial charge in [-0.2, -0.15) is 4.99 Å². The van der Waals surface area contributed by atoms with E-state index in [0.717, 1.165) is 23.4 Å². The van der Waals surface area contributed by atoms with E-state index in [-0.39, 0.29) is 0 Å². The molecule has 0 fully saturated rings. The summed E-state index contributed by atoms with van der Waals surface area (Å²) in [5, 5.41) is 0. The number of benzene rings is 1. The predicted octanol–water partition coefficient (Wildman–Crippen LogP) is 3.18. The molecule has 0 bridgehead atoms. The number of nitrogens with zero attached hydrogens (tertiary/aromatic N) is 2. The SMILES string of the molecule is CCc1nc(-c2cccc(N=C=O)c2)oc1C. The van der Waals surface area contributed by atoms with Crippen LogP contribution in [0, 0.1) is 6.92 Å². The Morgan fingerprint density at radius 2 is 2.29 bits per heavy atom. The number of hydrogen-bond acceptors (Lipinski definition) is 4. The molecule has 0 saturated carbocycles. The Bertz CT molecular complexity index is 581. The Morgan fingerprint density at radius 3 is 2.94 bits per heavy atom. The summed E-state index contributed by atoms with van der Waals surface area (Å²) in [5.74, 6) is 1.38. The molecule has 0 atom stereocenters. The van der Waals surface area contributed by atoms with Crippen molar-refractivity contribution in [1.82, 2.24) is 4.98 Å². The van der Waals surface area contributed by atoms with Gasteiger partial charge in [0.15, 0.2) is 0 Å². The summed E-state index contributed by atoms with van der Waals surface area (Å²) in [7, 11) is 0. The zero-order chi connectivity index (χ0) is 12.3. The second-order valence-electron chi connectivity index (χ2n) is 3.63. The molecular formula is C13H12N2O2. The summed E-state index contributed by atoms with van der Waals surface area (Å²) in [5.41, 5.74) is 2.31. The topological polar surface area (TPSA) is 55.5 Å². The van der Waals surface area contributed by atoms with Gasteiger partial charge in [-0.15, -0.1) is 0 Å². The van der Waals surface area contributed by atoms with Crippen LogP contribution in [-0.2, 0) is 11.2 Å². The summed E-state index contributed by atoms with van der Waals surface area (Å²) in [6.07, 6.45) is 2.35. The quantitative estimate of drug-likeness (QED) is 0.598. The summed E-state index contributed by atoms with van der Waals surface area (Å²) in [6, 6.07) is 7.14. The van der Waals surface area contributed by atoms with E-state index in [4.69, 9.17) is 4.42 Å².